The molecule has 0 bridgehead atoms. The summed E-state index contributed by atoms with van der Waals surface area (Å²) in [6, 6.07) is 0. The van der Waals surface area contributed by atoms with Gasteiger partial charge in [0.15, 0.2) is 0 Å². The number of aromatic nitrogens is 2. The van der Waals surface area contributed by atoms with Crippen LogP contribution in [0.5, 0.6) is 0 Å². The van der Waals surface area contributed by atoms with E-state index in [2.05, 4.69) is 15.6 Å². The smallest absolute Gasteiger partial charge is 0.289 e. The van der Waals surface area contributed by atoms with Gasteiger partial charge in [0.05, 0.1) is 17.9 Å². The van der Waals surface area contributed by atoms with Crippen LogP contribution in [0.4, 0.5) is 5.88 Å². The molecule has 7 heteroatoms. The number of halogens is 1. The third-order valence-corrected chi connectivity index (χ3v) is 2.98. The van der Waals surface area contributed by atoms with Crippen LogP contribution in [0.3, 0.4) is 0 Å². The van der Waals surface area contributed by atoms with Crippen molar-refractivity contribution in [3.8, 4) is 0 Å². The van der Waals surface area contributed by atoms with Gasteiger partial charge < -0.3 is 0 Å². The molecule has 0 radical (unpaired) electrons. The number of carbonyl (C=O) groups excluding carboxylic acids is 1. The van der Waals surface area contributed by atoms with Gasteiger partial charge in [-0.3, -0.25) is 14.6 Å². The second-order valence-corrected chi connectivity index (χ2v) is 4.33. The van der Waals surface area contributed by atoms with Gasteiger partial charge in [0.2, 0.25) is 11.2 Å². The normalized spacial score (nSPS) is 16.0. The third kappa shape index (κ3) is 2.69. The average Bonchev–Trinajstić information content (AvgIpc) is 2.72. The van der Waals surface area contributed by atoms with Crippen LogP contribution in [0.25, 0.3) is 0 Å². The molecule has 0 unspecified atom stereocenters. The molecule has 0 aliphatic carbocycles. The van der Waals surface area contributed by atoms with Crippen LogP contribution in [-0.4, -0.2) is 24.3 Å². The van der Waals surface area contributed by atoms with Crippen LogP contribution < -0.4 is 15.1 Å². The molecule has 1 aromatic rings. The van der Waals surface area contributed by atoms with Gasteiger partial charge in [0, 0.05) is 6.92 Å². The van der Waals surface area contributed by atoms with Crippen molar-refractivity contribution in [1.29, 1.82) is 0 Å². The van der Waals surface area contributed by atoms with E-state index in [-0.39, 0.29) is 11.8 Å². The first kappa shape index (κ1) is 12.2. The molecule has 1 aromatic heterocycles. The van der Waals surface area contributed by atoms with Crippen molar-refractivity contribution in [2.24, 2.45) is 0 Å². The largest absolute Gasteiger partial charge is 0.323 e. The van der Waals surface area contributed by atoms with E-state index in [1.54, 1.807) is 4.79 Å². The fourth-order valence-corrected chi connectivity index (χ4v) is 2.16. The summed E-state index contributed by atoms with van der Waals surface area (Å²) in [5.41, 5.74) is 0.684. The highest BCUT2D eigenvalue weighted by molar-refractivity contribution is 6.17. The predicted octanol–water partition coefficient (Wildman–Crippen LogP) is 0.781. The van der Waals surface area contributed by atoms with Gasteiger partial charge in [0.25, 0.3) is 0 Å². The molecule has 94 valence electrons. The van der Waals surface area contributed by atoms with Crippen molar-refractivity contribution >= 4 is 23.4 Å². The van der Waals surface area contributed by atoms with Gasteiger partial charge >= 0.3 is 11.6 Å². The Labute approximate surface area is 104 Å². The molecule has 1 saturated heterocycles. The number of rotatable bonds is 3. The second-order valence-electron chi connectivity index (χ2n) is 4.07. The number of carbonyl (C=O) groups is 1. The zero-order valence-corrected chi connectivity index (χ0v) is 10.5. The average molecular weight is 260 g/mol. The Morgan fingerprint density at radius 3 is 2.82 bits per heavy atom. The molecule has 2 heterocycles. The summed E-state index contributed by atoms with van der Waals surface area (Å²) < 4.78 is 5.11. The highest BCUT2D eigenvalue weighted by Crippen LogP contribution is 2.14. The van der Waals surface area contributed by atoms with Crippen LogP contribution in [0.2, 0.25) is 0 Å². The van der Waals surface area contributed by atoms with Gasteiger partial charge in [-0.25, -0.2) is 0 Å². The minimum atomic E-state index is -0.196. The maximum atomic E-state index is 11.0. The number of piperidine rings is 1. The van der Waals surface area contributed by atoms with Crippen molar-refractivity contribution in [1.82, 2.24) is 5.27 Å². The minimum absolute atomic E-state index is 0.196. The molecule has 1 aliphatic heterocycles. The number of amides is 1. The monoisotopic (exact) mass is 259 g/mol. The first-order chi connectivity index (χ1) is 8.22. The zero-order valence-electron chi connectivity index (χ0n) is 9.78. The van der Waals surface area contributed by atoms with Crippen molar-refractivity contribution in [2.45, 2.75) is 32.1 Å². The van der Waals surface area contributed by atoms with E-state index < -0.39 is 0 Å². The van der Waals surface area contributed by atoms with Crippen LogP contribution in [0, 0.1) is 0 Å². The molecule has 1 N–H and O–H groups in total. The van der Waals surface area contributed by atoms with E-state index in [4.69, 9.17) is 16.1 Å². The highest BCUT2D eigenvalue weighted by atomic mass is 35.5. The van der Waals surface area contributed by atoms with E-state index >= 15 is 0 Å². The number of nitrogens with zero attached hydrogens (tertiary/aromatic N) is 3. The SMILES string of the molecule is CC(=O)Nc1on[n+](N2CCCCC2)c1CCl. The maximum absolute atomic E-state index is 11.0. The summed E-state index contributed by atoms with van der Waals surface area (Å²) in [5.74, 6) is 0.381. The Balaban J connectivity index is 2.21. The Kier molecular flexibility index (Phi) is 3.83. The van der Waals surface area contributed by atoms with Gasteiger partial charge in [0.1, 0.15) is 5.88 Å². The molecule has 17 heavy (non-hydrogen) atoms. The Morgan fingerprint density at radius 1 is 1.53 bits per heavy atom. The molecule has 1 amide bonds. The number of hydrogen-bond acceptors (Lipinski definition) is 4. The lowest BCUT2D eigenvalue weighted by Crippen LogP contribution is -2.62. The van der Waals surface area contributed by atoms with E-state index in [1.165, 1.54) is 13.3 Å². The van der Waals surface area contributed by atoms with Crippen LogP contribution in [0.15, 0.2) is 4.52 Å². The summed E-state index contributed by atoms with van der Waals surface area (Å²) >= 11 is 5.88. The fourth-order valence-electron chi connectivity index (χ4n) is 1.93. The van der Waals surface area contributed by atoms with Gasteiger partial charge in [-0.2, -0.15) is 5.01 Å². The van der Waals surface area contributed by atoms with Gasteiger partial charge in [-0.1, -0.05) is 0 Å². The molecule has 0 atom stereocenters. The Bertz CT molecular complexity index is 401. The molecular weight excluding hydrogens is 244 g/mol. The molecule has 1 fully saturated rings. The van der Waals surface area contributed by atoms with Gasteiger partial charge in [-0.05, 0) is 19.3 Å². The lowest BCUT2D eigenvalue weighted by Gasteiger charge is -2.18. The Hall–Kier alpha value is -1.30. The third-order valence-electron chi connectivity index (χ3n) is 2.73. The van der Waals surface area contributed by atoms with Crippen LogP contribution in [0.1, 0.15) is 31.9 Å². The topological polar surface area (TPSA) is 62.3 Å². The van der Waals surface area contributed by atoms with E-state index in [1.807, 2.05) is 0 Å². The molecular formula is C10H16ClN4O2+. The quantitative estimate of drug-likeness (QED) is 0.644. The Morgan fingerprint density at radius 2 is 2.24 bits per heavy atom. The molecule has 0 aromatic carbocycles. The summed E-state index contributed by atoms with van der Waals surface area (Å²) in [6.45, 7) is 3.28. The van der Waals surface area contributed by atoms with Crippen molar-refractivity contribution in [2.75, 3.05) is 23.4 Å². The maximum Gasteiger partial charge on any atom is 0.323 e. The van der Waals surface area contributed by atoms with Crippen LogP contribution >= 0.6 is 11.6 Å². The molecule has 0 saturated carbocycles. The van der Waals surface area contributed by atoms with Gasteiger partial charge in [-0.15, -0.1) is 11.6 Å². The van der Waals surface area contributed by atoms with Crippen molar-refractivity contribution < 1.29 is 14.1 Å². The van der Waals surface area contributed by atoms with E-state index in [0.29, 0.717) is 11.6 Å². The first-order valence-electron chi connectivity index (χ1n) is 5.72. The lowest BCUT2D eigenvalue weighted by atomic mass is 10.2. The molecule has 0 spiro atoms. The standard InChI is InChI=1S/C10H15ClN4O2/c1-8(16)12-10-9(7-11)15(13-17-10)14-5-3-2-4-6-14/h2-7H2,1H3/p+1. The zero-order chi connectivity index (χ0) is 12.3. The number of hydrogen-bond donors (Lipinski definition) is 1. The first-order valence-corrected chi connectivity index (χ1v) is 6.25. The fraction of sp³-hybridized carbons (Fsp3) is 0.700. The lowest BCUT2D eigenvalue weighted by molar-refractivity contribution is -0.764. The van der Waals surface area contributed by atoms with Crippen LogP contribution in [-0.2, 0) is 10.7 Å². The highest BCUT2D eigenvalue weighted by Gasteiger charge is 2.31. The number of nitrogens with one attached hydrogen (secondary N) is 1. The van der Waals surface area contributed by atoms with Crippen molar-refractivity contribution in [3.63, 3.8) is 0 Å². The molecule has 1 aliphatic rings. The number of anilines is 1. The van der Waals surface area contributed by atoms with Crippen molar-refractivity contribution in [3.05, 3.63) is 5.69 Å². The summed E-state index contributed by atoms with van der Waals surface area (Å²) in [7, 11) is 0. The summed E-state index contributed by atoms with van der Waals surface area (Å²) in [4.78, 5) is 12.7. The summed E-state index contributed by atoms with van der Waals surface area (Å²) in [6.07, 6.45) is 3.51. The molecule has 6 nitrogen and oxygen atoms in total. The second kappa shape index (κ2) is 5.35. The molecule has 2 rings (SSSR count). The van der Waals surface area contributed by atoms with E-state index in [0.717, 1.165) is 25.9 Å². The van der Waals surface area contributed by atoms with E-state index in [9.17, 15) is 4.79 Å². The minimum Gasteiger partial charge on any atom is -0.289 e. The number of alkyl halides is 1. The summed E-state index contributed by atoms with van der Waals surface area (Å²) in [5, 5.41) is 8.60. The predicted molar refractivity (Wildman–Crippen MR) is 62.4 cm³/mol.